The molecule has 0 radical (unpaired) electrons. The predicted molar refractivity (Wildman–Crippen MR) is 131 cm³/mol. The van der Waals surface area contributed by atoms with Crippen LogP contribution in [0, 0.1) is 5.92 Å². The van der Waals surface area contributed by atoms with Gasteiger partial charge in [0.2, 0.25) is 11.8 Å². The van der Waals surface area contributed by atoms with Crippen molar-refractivity contribution in [3.05, 3.63) is 66.6 Å². The van der Waals surface area contributed by atoms with Gasteiger partial charge in [0.1, 0.15) is 5.69 Å². The van der Waals surface area contributed by atoms with Crippen LogP contribution in [0.4, 0.5) is 0 Å². The summed E-state index contributed by atoms with van der Waals surface area (Å²) < 4.78 is 6.17. The van der Waals surface area contributed by atoms with E-state index in [1.54, 1.807) is 0 Å². The molecule has 0 unspecified atom stereocenters. The minimum atomic E-state index is 0.0655. The Balaban J connectivity index is 1.22. The molecule has 0 atom stereocenters. The van der Waals surface area contributed by atoms with Crippen molar-refractivity contribution in [1.29, 1.82) is 0 Å². The summed E-state index contributed by atoms with van der Waals surface area (Å²) in [7, 11) is 0. The van der Waals surface area contributed by atoms with Crippen LogP contribution < -0.4 is 0 Å². The Labute approximate surface area is 200 Å². The molecule has 0 N–H and O–H groups in total. The summed E-state index contributed by atoms with van der Waals surface area (Å²) in [5.41, 5.74) is 2.76. The first-order valence-electron chi connectivity index (χ1n) is 12.4. The third-order valence-electron chi connectivity index (χ3n) is 6.92. The molecule has 2 fully saturated rings. The van der Waals surface area contributed by atoms with Crippen LogP contribution in [0.25, 0.3) is 22.6 Å². The van der Waals surface area contributed by atoms with E-state index in [1.165, 1.54) is 0 Å². The number of piperidine rings is 1. The van der Waals surface area contributed by atoms with Crippen LogP contribution in [0.3, 0.4) is 0 Å². The highest BCUT2D eigenvalue weighted by atomic mass is 16.4. The van der Waals surface area contributed by atoms with E-state index in [4.69, 9.17) is 9.40 Å². The Bertz CT molecular complexity index is 1060. The maximum Gasteiger partial charge on any atom is 0.225 e. The maximum absolute atomic E-state index is 12.9. The second-order valence-corrected chi connectivity index (χ2v) is 9.20. The van der Waals surface area contributed by atoms with E-state index < -0.39 is 0 Å². The number of benzene rings is 2. The van der Waals surface area contributed by atoms with Crippen molar-refractivity contribution in [2.24, 2.45) is 5.92 Å². The summed E-state index contributed by atoms with van der Waals surface area (Å²) in [5, 5.41) is 0. The van der Waals surface area contributed by atoms with Gasteiger partial charge < -0.3 is 14.2 Å². The van der Waals surface area contributed by atoms with Crippen LogP contribution in [0.15, 0.2) is 65.1 Å². The van der Waals surface area contributed by atoms with Gasteiger partial charge in [0, 0.05) is 56.1 Å². The largest absolute Gasteiger partial charge is 0.440 e. The predicted octanol–water partition coefficient (Wildman–Crippen LogP) is 4.80. The second kappa shape index (κ2) is 10.2. The number of nitrogens with zero attached hydrogens (tertiary/aromatic N) is 3. The van der Waals surface area contributed by atoms with E-state index in [0.29, 0.717) is 31.8 Å². The van der Waals surface area contributed by atoms with Gasteiger partial charge in [-0.2, -0.15) is 0 Å². The van der Waals surface area contributed by atoms with Gasteiger partial charge in [-0.15, -0.1) is 0 Å². The van der Waals surface area contributed by atoms with Crippen LogP contribution >= 0.6 is 0 Å². The summed E-state index contributed by atoms with van der Waals surface area (Å²) in [6.07, 6.45) is 4.56. The van der Waals surface area contributed by atoms with Gasteiger partial charge in [0.15, 0.2) is 11.7 Å². The third kappa shape index (κ3) is 4.91. The van der Waals surface area contributed by atoms with E-state index in [-0.39, 0.29) is 17.7 Å². The molecule has 3 aromatic rings. The number of aryl methyl sites for hydroxylation is 1. The van der Waals surface area contributed by atoms with Crippen molar-refractivity contribution in [3.63, 3.8) is 0 Å². The number of aromatic nitrogens is 1. The zero-order chi connectivity index (χ0) is 23.3. The quantitative estimate of drug-likeness (QED) is 0.533. The molecule has 176 valence electrons. The molecular weight excluding hydrogens is 426 g/mol. The zero-order valence-electron chi connectivity index (χ0n) is 19.5. The van der Waals surface area contributed by atoms with Crippen molar-refractivity contribution < 1.29 is 14.0 Å². The van der Waals surface area contributed by atoms with E-state index >= 15 is 0 Å². The number of carbonyl (C=O) groups excluding carboxylic acids is 2. The molecule has 2 saturated heterocycles. The SMILES string of the molecule is O=C(CCc1nc(-c2ccccc2)c(-c2ccccc2)o1)N1CCC(C(=O)N2CCCC2)CC1. The highest BCUT2D eigenvalue weighted by Crippen LogP contribution is 2.33. The lowest BCUT2D eigenvalue weighted by atomic mass is 9.95. The number of carbonyl (C=O) groups is 2. The maximum atomic E-state index is 12.9. The van der Waals surface area contributed by atoms with Gasteiger partial charge in [-0.25, -0.2) is 4.98 Å². The standard InChI is InChI=1S/C28H31N3O3/c32-25(30-19-15-23(16-20-30)28(33)31-17-7-8-18-31)14-13-24-29-26(21-9-3-1-4-10-21)27(34-24)22-11-5-2-6-12-22/h1-6,9-12,23H,7-8,13-20H2. The Morgan fingerprint density at radius 2 is 1.44 bits per heavy atom. The smallest absolute Gasteiger partial charge is 0.225 e. The minimum Gasteiger partial charge on any atom is -0.440 e. The molecule has 2 aliphatic heterocycles. The van der Waals surface area contributed by atoms with E-state index in [1.807, 2.05) is 70.5 Å². The Kier molecular flexibility index (Phi) is 6.74. The fraction of sp³-hybridized carbons (Fsp3) is 0.393. The Hall–Kier alpha value is -3.41. The van der Waals surface area contributed by atoms with Gasteiger partial charge in [0.05, 0.1) is 0 Å². The minimum absolute atomic E-state index is 0.0655. The average molecular weight is 458 g/mol. The van der Waals surface area contributed by atoms with Crippen molar-refractivity contribution >= 4 is 11.8 Å². The number of rotatable bonds is 6. The number of hydrogen-bond donors (Lipinski definition) is 0. The third-order valence-corrected chi connectivity index (χ3v) is 6.92. The van der Waals surface area contributed by atoms with Crippen LogP contribution in [0.1, 0.15) is 38.0 Å². The van der Waals surface area contributed by atoms with Gasteiger partial charge >= 0.3 is 0 Å². The molecule has 1 aromatic heterocycles. The highest BCUT2D eigenvalue weighted by Gasteiger charge is 2.31. The molecule has 0 bridgehead atoms. The molecule has 0 saturated carbocycles. The lowest BCUT2D eigenvalue weighted by Crippen LogP contribution is -2.43. The molecular formula is C28H31N3O3. The summed E-state index contributed by atoms with van der Waals surface area (Å²) in [6, 6.07) is 19.9. The molecule has 2 aromatic carbocycles. The molecule has 6 nitrogen and oxygen atoms in total. The average Bonchev–Trinajstić information content (AvgIpc) is 3.59. The summed E-state index contributed by atoms with van der Waals surface area (Å²) in [5.74, 6) is 1.76. The lowest BCUT2D eigenvalue weighted by Gasteiger charge is -2.33. The number of amides is 2. The molecule has 5 rings (SSSR count). The Morgan fingerprint density at radius 1 is 0.824 bits per heavy atom. The van der Waals surface area contributed by atoms with Crippen molar-refractivity contribution in [2.75, 3.05) is 26.2 Å². The molecule has 2 amide bonds. The van der Waals surface area contributed by atoms with Crippen LogP contribution in [0.5, 0.6) is 0 Å². The number of hydrogen-bond acceptors (Lipinski definition) is 4. The zero-order valence-corrected chi connectivity index (χ0v) is 19.5. The lowest BCUT2D eigenvalue weighted by molar-refractivity contribution is -0.140. The monoisotopic (exact) mass is 457 g/mol. The fourth-order valence-electron chi connectivity index (χ4n) is 4.99. The van der Waals surface area contributed by atoms with Gasteiger partial charge in [0.25, 0.3) is 0 Å². The fourth-order valence-corrected chi connectivity index (χ4v) is 4.99. The second-order valence-electron chi connectivity index (χ2n) is 9.20. The van der Waals surface area contributed by atoms with Gasteiger partial charge in [-0.05, 0) is 25.7 Å². The topological polar surface area (TPSA) is 66.7 Å². The molecule has 0 aliphatic carbocycles. The summed E-state index contributed by atoms with van der Waals surface area (Å²) >= 11 is 0. The van der Waals surface area contributed by atoms with E-state index in [0.717, 1.165) is 61.4 Å². The van der Waals surface area contributed by atoms with Crippen LogP contribution in [-0.2, 0) is 16.0 Å². The summed E-state index contributed by atoms with van der Waals surface area (Å²) in [6.45, 7) is 3.09. The van der Waals surface area contributed by atoms with Gasteiger partial charge in [-0.1, -0.05) is 60.7 Å². The van der Waals surface area contributed by atoms with Crippen molar-refractivity contribution in [1.82, 2.24) is 14.8 Å². The Morgan fingerprint density at radius 3 is 2.09 bits per heavy atom. The molecule has 2 aliphatic rings. The van der Waals surface area contributed by atoms with E-state index in [9.17, 15) is 9.59 Å². The normalized spacial score (nSPS) is 16.7. The van der Waals surface area contributed by atoms with Crippen molar-refractivity contribution in [2.45, 2.75) is 38.5 Å². The molecule has 3 heterocycles. The highest BCUT2D eigenvalue weighted by molar-refractivity contribution is 5.81. The van der Waals surface area contributed by atoms with E-state index in [2.05, 4.69) is 0 Å². The molecule has 6 heteroatoms. The first-order valence-corrected chi connectivity index (χ1v) is 12.4. The first kappa shape index (κ1) is 22.4. The van der Waals surface area contributed by atoms with Gasteiger partial charge in [-0.3, -0.25) is 9.59 Å². The summed E-state index contributed by atoms with van der Waals surface area (Å²) in [4.78, 5) is 34.2. The van der Waals surface area contributed by atoms with Crippen LogP contribution in [-0.4, -0.2) is 52.8 Å². The number of oxazole rings is 1. The van der Waals surface area contributed by atoms with Crippen LogP contribution in [0.2, 0.25) is 0 Å². The molecule has 0 spiro atoms. The van der Waals surface area contributed by atoms with Crippen molar-refractivity contribution in [3.8, 4) is 22.6 Å². The first-order chi connectivity index (χ1) is 16.7. The molecule has 34 heavy (non-hydrogen) atoms. The number of likely N-dealkylation sites (tertiary alicyclic amines) is 2.